The quantitative estimate of drug-likeness (QED) is 0.131. The maximum atomic E-state index is 15.2. The summed E-state index contributed by atoms with van der Waals surface area (Å²) >= 11 is 12.9. The molecule has 0 atom stereocenters. The van der Waals surface area contributed by atoms with E-state index >= 15 is 4.39 Å². The van der Waals surface area contributed by atoms with Crippen molar-refractivity contribution in [2.24, 2.45) is 5.41 Å². The molecule has 0 aliphatic heterocycles. The lowest BCUT2D eigenvalue weighted by molar-refractivity contribution is 0.0614. The van der Waals surface area contributed by atoms with E-state index in [9.17, 15) is 9.90 Å². The van der Waals surface area contributed by atoms with Crippen molar-refractivity contribution in [3.8, 4) is 22.8 Å². The highest BCUT2D eigenvalue weighted by atomic mass is 35.5. The number of pyridine rings is 2. The molecule has 0 spiro atoms. The number of fused-ring (bicyclic) bond motifs is 1. The second-order valence-electron chi connectivity index (χ2n) is 12.2. The average Bonchev–Trinajstić information content (AvgIpc) is 3.81. The van der Waals surface area contributed by atoms with Gasteiger partial charge in [-0.2, -0.15) is 0 Å². The Bertz CT molecular complexity index is 1700. The summed E-state index contributed by atoms with van der Waals surface area (Å²) in [7, 11) is 0. The van der Waals surface area contributed by atoms with Crippen LogP contribution >= 0.6 is 23.2 Å². The summed E-state index contributed by atoms with van der Waals surface area (Å²) in [5.41, 5.74) is 1.67. The summed E-state index contributed by atoms with van der Waals surface area (Å²) in [4.78, 5) is 19.6. The number of halogens is 3. The zero-order chi connectivity index (χ0) is 32.3. The molecule has 2 aliphatic rings. The second-order valence-corrected chi connectivity index (χ2v) is 13.0. The highest BCUT2D eigenvalue weighted by molar-refractivity contribution is 6.38. The minimum absolute atomic E-state index is 0.0606. The fourth-order valence-corrected chi connectivity index (χ4v) is 6.93. The van der Waals surface area contributed by atoms with Gasteiger partial charge in [0.25, 0.3) is 0 Å². The number of aromatic carboxylic acids is 1. The molecule has 0 bridgehead atoms. The number of carboxylic acid groups (broad SMARTS) is 1. The minimum atomic E-state index is -1.25. The van der Waals surface area contributed by atoms with Gasteiger partial charge in [0.1, 0.15) is 28.5 Å². The predicted molar refractivity (Wildman–Crippen MR) is 171 cm³/mol. The molecule has 4 aromatic rings. The normalized spacial score (nSPS) is 16.1. The fraction of sp³-hybridized carbons (Fsp3) is 0.471. The standard InChI is InChI=1S/C34H36Cl2FN3O6/c1-2-44-28-15-27(33(41)42)39-30-22(28)13-21(14-26(30)37)45-19-34(9-4-3-5-10-34)11-6-12-43-18-23-31(40-46-32(23)20-7-8-20)29-24(35)16-38-17-25(29)36/h13-17,20H,2-12,18-19H2,1H3,(H,41,42). The molecular weight excluding hydrogens is 636 g/mol. The monoisotopic (exact) mass is 671 g/mol. The third kappa shape index (κ3) is 7.09. The summed E-state index contributed by atoms with van der Waals surface area (Å²) in [5.74, 6) is -0.123. The molecule has 0 unspecified atom stereocenters. The topological polar surface area (TPSA) is 117 Å². The number of hydrogen-bond acceptors (Lipinski definition) is 8. The lowest BCUT2D eigenvalue weighted by Crippen LogP contribution is -2.31. The second kappa shape index (κ2) is 14.1. The van der Waals surface area contributed by atoms with Gasteiger partial charge in [0.2, 0.25) is 0 Å². The first-order chi connectivity index (χ1) is 22.3. The van der Waals surface area contributed by atoms with Crippen LogP contribution in [0.5, 0.6) is 11.5 Å². The highest BCUT2D eigenvalue weighted by Gasteiger charge is 2.35. The molecule has 3 heterocycles. The molecule has 0 amide bonds. The van der Waals surface area contributed by atoms with Crippen molar-refractivity contribution >= 4 is 40.1 Å². The SMILES string of the molecule is CCOc1cc(C(=O)O)nc2c(F)cc(OCC3(CCCOCc4c(-c5c(Cl)cncc5Cl)noc4C4CC4)CCCCC3)cc12. The molecule has 1 aromatic carbocycles. The van der Waals surface area contributed by atoms with E-state index in [1.54, 1.807) is 25.4 Å². The molecule has 2 aliphatic carbocycles. The number of aromatic nitrogens is 3. The largest absolute Gasteiger partial charge is 0.493 e. The van der Waals surface area contributed by atoms with Gasteiger partial charge in [-0.1, -0.05) is 47.6 Å². The van der Waals surface area contributed by atoms with Crippen LogP contribution in [0.2, 0.25) is 10.0 Å². The number of hydrogen-bond donors (Lipinski definition) is 1. The van der Waals surface area contributed by atoms with Crippen molar-refractivity contribution in [1.29, 1.82) is 0 Å². The Kier molecular flexibility index (Phi) is 9.96. The molecule has 244 valence electrons. The number of nitrogens with zero attached hydrogens (tertiary/aromatic N) is 3. The van der Waals surface area contributed by atoms with Gasteiger partial charge < -0.3 is 23.8 Å². The van der Waals surface area contributed by atoms with Gasteiger partial charge in [-0.25, -0.2) is 14.2 Å². The first-order valence-electron chi connectivity index (χ1n) is 15.8. The van der Waals surface area contributed by atoms with Crippen LogP contribution in [0.1, 0.15) is 92.4 Å². The van der Waals surface area contributed by atoms with Gasteiger partial charge in [0.15, 0.2) is 11.5 Å². The number of carbonyl (C=O) groups is 1. The molecule has 9 nitrogen and oxygen atoms in total. The van der Waals surface area contributed by atoms with E-state index < -0.39 is 11.8 Å². The third-order valence-electron chi connectivity index (χ3n) is 8.88. The first-order valence-corrected chi connectivity index (χ1v) is 16.5. The van der Waals surface area contributed by atoms with Crippen LogP contribution in [0.4, 0.5) is 4.39 Å². The van der Waals surface area contributed by atoms with Crippen LogP contribution in [0.25, 0.3) is 22.2 Å². The van der Waals surface area contributed by atoms with Gasteiger partial charge in [-0.3, -0.25) is 4.98 Å². The van der Waals surface area contributed by atoms with Gasteiger partial charge in [0, 0.05) is 59.0 Å². The fourth-order valence-electron chi connectivity index (χ4n) is 6.39. The third-order valence-corrected chi connectivity index (χ3v) is 9.45. The van der Waals surface area contributed by atoms with Crippen LogP contribution in [-0.4, -0.2) is 46.0 Å². The van der Waals surface area contributed by atoms with E-state index in [0.717, 1.165) is 62.7 Å². The molecule has 2 saturated carbocycles. The zero-order valence-corrected chi connectivity index (χ0v) is 27.1. The van der Waals surface area contributed by atoms with E-state index in [0.29, 0.717) is 64.8 Å². The van der Waals surface area contributed by atoms with Crippen molar-refractivity contribution in [3.05, 3.63) is 63.5 Å². The summed E-state index contributed by atoms with van der Waals surface area (Å²) < 4.78 is 39.1. The number of carboxylic acids is 1. The average molecular weight is 673 g/mol. The van der Waals surface area contributed by atoms with Crippen molar-refractivity contribution in [2.45, 2.75) is 77.2 Å². The molecule has 3 aromatic heterocycles. The smallest absolute Gasteiger partial charge is 0.354 e. The van der Waals surface area contributed by atoms with E-state index in [2.05, 4.69) is 15.1 Å². The Morgan fingerprint density at radius 2 is 1.87 bits per heavy atom. The Balaban J connectivity index is 1.12. The summed E-state index contributed by atoms with van der Waals surface area (Å²) in [5, 5.41) is 14.9. The van der Waals surface area contributed by atoms with E-state index in [1.807, 2.05) is 0 Å². The maximum Gasteiger partial charge on any atom is 0.354 e. The summed E-state index contributed by atoms with van der Waals surface area (Å²) in [6.07, 6.45) is 12.3. The number of rotatable bonds is 14. The van der Waals surface area contributed by atoms with E-state index in [1.165, 1.54) is 18.6 Å². The molecule has 1 N–H and O–H groups in total. The Hall–Kier alpha value is -3.47. The molecule has 6 rings (SSSR count). The lowest BCUT2D eigenvalue weighted by atomic mass is 9.72. The predicted octanol–water partition coefficient (Wildman–Crippen LogP) is 9.03. The maximum absolute atomic E-state index is 15.2. The highest BCUT2D eigenvalue weighted by Crippen LogP contribution is 2.46. The van der Waals surface area contributed by atoms with Gasteiger partial charge in [-0.05, 0) is 51.5 Å². The van der Waals surface area contributed by atoms with Crippen LogP contribution < -0.4 is 9.47 Å². The summed E-state index contributed by atoms with van der Waals surface area (Å²) in [6.45, 7) is 3.38. The van der Waals surface area contributed by atoms with Gasteiger partial charge >= 0.3 is 5.97 Å². The zero-order valence-electron chi connectivity index (χ0n) is 25.6. The van der Waals surface area contributed by atoms with Gasteiger partial charge in [-0.15, -0.1) is 0 Å². The van der Waals surface area contributed by atoms with Crippen LogP contribution in [0, 0.1) is 11.2 Å². The molecule has 2 fully saturated rings. The molecule has 46 heavy (non-hydrogen) atoms. The van der Waals surface area contributed by atoms with Crippen molar-refractivity contribution in [1.82, 2.24) is 15.1 Å². The Labute approximate surface area is 276 Å². The number of benzene rings is 1. The molecular formula is C34H36Cl2FN3O6. The van der Waals surface area contributed by atoms with Crippen molar-refractivity contribution < 1.29 is 33.0 Å². The molecule has 12 heteroatoms. The Morgan fingerprint density at radius 1 is 1.11 bits per heavy atom. The summed E-state index contributed by atoms with van der Waals surface area (Å²) in [6, 6.07) is 4.26. The minimum Gasteiger partial charge on any atom is -0.493 e. The molecule has 0 radical (unpaired) electrons. The van der Waals surface area contributed by atoms with Crippen LogP contribution in [0.3, 0.4) is 0 Å². The van der Waals surface area contributed by atoms with Crippen molar-refractivity contribution in [2.75, 3.05) is 19.8 Å². The van der Waals surface area contributed by atoms with Crippen molar-refractivity contribution in [3.63, 3.8) is 0 Å². The Morgan fingerprint density at radius 3 is 2.57 bits per heavy atom. The van der Waals surface area contributed by atoms with E-state index in [-0.39, 0.29) is 22.4 Å². The lowest BCUT2D eigenvalue weighted by Gasteiger charge is -2.37. The van der Waals surface area contributed by atoms with Gasteiger partial charge in [0.05, 0.1) is 29.9 Å². The van der Waals surface area contributed by atoms with Crippen LogP contribution in [0.15, 0.2) is 35.1 Å². The van der Waals surface area contributed by atoms with E-state index in [4.69, 9.17) is 41.9 Å². The van der Waals surface area contributed by atoms with Crippen LogP contribution in [-0.2, 0) is 11.3 Å². The number of ether oxygens (including phenoxy) is 3. The molecule has 0 saturated heterocycles. The first kappa shape index (κ1) is 32.5.